The number of sulfonamides is 1. The molecular weight excluding hydrogens is 441 g/mol. The average molecular weight is 470 g/mol. The summed E-state index contributed by atoms with van der Waals surface area (Å²) in [6.07, 6.45) is 4.69. The van der Waals surface area contributed by atoms with Gasteiger partial charge in [0, 0.05) is 6.54 Å². The van der Waals surface area contributed by atoms with Crippen LogP contribution in [0.1, 0.15) is 38.7 Å². The Balaban J connectivity index is 1.56. The minimum absolute atomic E-state index is 0.00921. The number of carbonyl (C=O) groups excluding carboxylic acids is 2. The van der Waals surface area contributed by atoms with Crippen LogP contribution < -0.4 is 14.8 Å². The maximum absolute atomic E-state index is 14.1. The topological polar surface area (TPSA) is 125 Å². The van der Waals surface area contributed by atoms with E-state index in [2.05, 4.69) is 10.0 Å². The summed E-state index contributed by atoms with van der Waals surface area (Å²) in [7, 11) is -3.63. The van der Waals surface area contributed by atoms with Crippen LogP contribution in [0.4, 0.5) is 9.18 Å². The van der Waals surface area contributed by atoms with Crippen molar-refractivity contribution in [1.29, 1.82) is 0 Å². The molecule has 1 saturated carbocycles. The van der Waals surface area contributed by atoms with Crippen molar-refractivity contribution in [3.63, 3.8) is 0 Å². The second-order valence-corrected chi connectivity index (χ2v) is 10.6. The molecule has 0 atom stereocenters. The first kappa shape index (κ1) is 24.1. The summed E-state index contributed by atoms with van der Waals surface area (Å²) in [6, 6.07) is 3.77. The Bertz CT molecular complexity index is 1010. The fourth-order valence-electron chi connectivity index (χ4n) is 3.26. The zero-order chi connectivity index (χ0) is 23.6. The second-order valence-electron chi connectivity index (χ2n) is 8.74. The van der Waals surface area contributed by atoms with Gasteiger partial charge < -0.3 is 14.7 Å². The van der Waals surface area contributed by atoms with Gasteiger partial charge in [-0.1, -0.05) is 18.2 Å². The van der Waals surface area contributed by atoms with Gasteiger partial charge in [-0.05, 0) is 50.8 Å². The number of aliphatic hydroxyl groups is 1. The average Bonchev–Trinajstić information content (AvgIpc) is 3.37. The predicted molar refractivity (Wildman–Crippen MR) is 115 cm³/mol. The lowest BCUT2D eigenvalue weighted by Crippen LogP contribution is -2.36. The fraction of sp³-hybridized carbons (Fsp3) is 0.524. The van der Waals surface area contributed by atoms with Crippen LogP contribution in [0.5, 0.6) is 5.75 Å². The van der Waals surface area contributed by atoms with E-state index in [0.29, 0.717) is 18.4 Å². The number of nitrogens with zero attached hydrogens (tertiary/aromatic N) is 1. The lowest BCUT2D eigenvalue weighted by atomic mass is 10.1. The zero-order valence-electron chi connectivity index (χ0n) is 18.1. The first-order valence-electron chi connectivity index (χ1n) is 10.3. The third kappa shape index (κ3) is 6.50. The van der Waals surface area contributed by atoms with E-state index in [4.69, 9.17) is 4.74 Å². The van der Waals surface area contributed by atoms with E-state index in [0.717, 1.165) is 0 Å². The summed E-state index contributed by atoms with van der Waals surface area (Å²) in [6.45, 7) is 3.19. The standard InChI is InChI=1S/C21H28FN3O6S/c1-20(2,28)14-31-17-12-15(6-7-16(17)22)21(8-9-21)24-32(29,30)11-5-3-4-10-25-13-18(26)23-19(25)27/h3-4,6-7,12,24,28H,5,8-11,13-14H2,1-2H3,(H,23,26,27)/b4-3+. The molecule has 0 spiro atoms. The van der Waals surface area contributed by atoms with Gasteiger partial charge in [0.15, 0.2) is 11.6 Å². The van der Waals surface area contributed by atoms with Crippen LogP contribution in [0.2, 0.25) is 0 Å². The Labute approximate surface area is 186 Å². The van der Waals surface area contributed by atoms with Gasteiger partial charge in [0.25, 0.3) is 0 Å². The quantitative estimate of drug-likeness (QED) is 0.332. The van der Waals surface area contributed by atoms with E-state index in [1.807, 2.05) is 0 Å². The minimum Gasteiger partial charge on any atom is -0.488 e. The molecule has 1 aliphatic carbocycles. The molecule has 11 heteroatoms. The van der Waals surface area contributed by atoms with Crippen LogP contribution in [-0.2, 0) is 20.4 Å². The van der Waals surface area contributed by atoms with Crippen LogP contribution in [-0.4, -0.2) is 61.4 Å². The van der Waals surface area contributed by atoms with Crippen LogP contribution >= 0.6 is 0 Å². The smallest absolute Gasteiger partial charge is 0.324 e. The highest BCUT2D eigenvalue weighted by Gasteiger charge is 2.47. The summed E-state index contributed by atoms with van der Waals surface area (Å²) in [5.41, 5.74) is -1.33. The van der Waals surface area contributed by atoms with Crippen molar-refractivity contribution in [2.24, 2.45) is 0 Å². The molecule has 1 aliphatic heterocycles. The number of rotatable bonds is 11. The summed E-state index contributed by atoms with van der Waals surface area (Å²) in [5.74, 6) is -1.14. The minimum atomic E-state index is -3.63. The molecule has 32 heavy (non-hydrogen) atoms. The number of imide groups is 1. The van der Waals surface area contributed by atoms with Gasteiger partial charge in [-0.2, -0.15) is 0 Å². The number of ether oxygens (including phenoxy) is 1. The van der Waals surface area contributed by atoms with E-state index in [-0.39, 0.29) is 43.5 Å². The maximum Gasteiger partial charge on any atom is 0.324 e. The van der Waals surface area contributed by atoms with E-state index < -0.39 is 33.0 Å². The molecule has 3 amide bonds. The Hall–Kier alpha value is -2.50. The number of hydrogen-bond donors (Lipinski definition) is 3. The normalized spacial score (nSPS) is 18.3. The van der Waals surface area contributed by atoms with Crippen molar-refractivity contribution in [2.45, 2.75) is 44.2 Å². The number of hydrogen-bond acceptors (Lipinski definition) is 6. The third-order valence-corrected chi connectivity index (χ3v) is 6.55. The molecule has 0 unspecified atom stereocenters. The Morgan fingerprint density at radius 3 is 2.62 bits per heavy atom. The lowest BCUT2D eigenvalue weighted by molar-refractivity contribution is -0.118. The largest absolute Gasteiger partial charge is 0.488 e. The van der Waals surface area contributed by atoms with Gasteiger partial charge in [0.05, 0.1) is 16.9 Å². The fourth-order valence-corrected chi connectivity index (χ4v) is 4.73. The Kier molecular flexibility index (Phi) is 6.91. The molecular formula is C21H28FN3O6S. The van der Waals surface area contributed by atoms with E-state index in [1.54, 1.807) is 26.0 Å². The zero-order valence-corrected chi connectivity index (χ0v) is 18.9. The number of allylic oxidation sites excluding steroid dienone is 1. The molecule has 0 bridgehead atoms. The first-order valence-corrected chi connectivity index (χ1v) is 12.0. The molecule has 1 aromatic carbocycles. The molecule has 1 heterocycles. The van der Waals surface area contributed by atoms with Crippen molar-refractivity contribution in [1.82, 2.24) is 14.9 Å². The monoisotopic (exact) mass is 469 g/mol. The van der Waals surface area contributed by atoms with Gasteiger partial charge in [-0.15, -0.1) is 0 Å². The van der Waals surface area contributed by atoms with Crippen LogP contribution in [0.15, 0.2) is 30.4 Å². The van der Waals surface area contributed by atoms with Crippen molar-refractivity contribution >= 4 is 22.0 Å². The van der Waals surface area contributed by atoms with Crippen LogP contribution in [0.3, 0.4) is 0 Å². The Morgan fingerprint density at radius 1 is 1.31 bits per heavy atom. The van der Waals surface area contributed by atoms with Crippen molar-refractivity contribution in [3.05, 3.63) is 41.7 Å². The highest BCUT2D eigenvalue weighted by Crippen LogP contribution is 2.47. The Morgan fingerprint density at radius 2 is 2.03 bits per heavy atom. The molecule has 2 aliphatic rings. The predicted octanol–water partition coefficient (Wildman–Crippen LogP) is 1.38. The number of nitrogens with one attached hydrogen (secondary N) is 2. The number of benzene rings is 1. The van der Waals surface area contributed by atoms with Crippen LogP contribution in [0, 0.1) is 5.82 Å². The molecule has 1 saturated heterocycles. The van der Waals surface area contributed by atoms with Crippen molar-refractivity contribution in [3.8, 4) is 5.75 Å². The number of halogens is 1. The lowest BCUT2D eigenvalue weighted by Gasteiger charge is -2.21. The highest BCUT2D eigenvalue weighted by atomic mass is 32.2. The molecule has 3 rings (SSSR count). The van der Waals surface area contributed by atoms with Gasteiger partial charge >= 0.3 is 6.03 Å². The summed E-state index contributed by atoms with van der Waals surface area (Å²) in [5, 5.41) is 12.0. The summed E-state index contributed by atoms with van der Waals surface area (Å²) < 4.78 is 47.3. The van der Waals surface area contributed by atoms with Crippen molar-refractivity contribution in [2.75, 3.05) is 25.4 Å². The van der Waals surface area contributed by atoms with E-state index in [9.17, 15) is 27.5 Å². The molecule has 0 radical (unpaired) electrons. The molecule has 0 aromatic heterocycles. The van der Waals surface area contributed by atoms with E-state index >= 15 is 0 Å². The number of carbonyl (C=O) groups is 2. The molecule has 3 N–H and O–H groups in total. The molecule has 2 fully saturated rings. The second kappa shape index (κ2) is 9.16. The van der Waals surface area contributed by atoms with Crippen LogP contribution in [0.25, 0.3) is 0 Å². The maximum atomic E-state index is 14.1. The SMILES string of the molecule is CC(C)(O)COc1cc(C2(NS(=O)(=O)CC/C=C/CN3CC(=O)NC3=O)CC2)ccc1F. The highest BCUT2D eigenvalue weighted by molar-refractivity contribution is 7.89. The van der Waals surface area contributed by atoms with Gasteiger partial charge in [0.2, 0.25) is 15.9 Å². The van der Waals surface area contributed by atoms with E-state index in [1.165, 1.54) is 23.1 Å². The molecule has 176 valence electrons. The van der Waals surface area contributed by atoms with Gasteiger partial charge in [0.1, 0.15) is 13.2 Å². The third-order valence-electron chi connectivity index (χ3n) is 5.08. The molecule has 9 nitrogen and oxygen atoms in total. The first-order chi connectivity index (χ1) is 14.9. The van der Waals surface area contributed by atoms with Crippen molar-refractivity contribution < 1.29 is 32.2 Å². The number of amides is 3. The van der Waals surface area contributed by atoms with Gasteiger partial charge in [-0.3, -0.25) is 10.1 Å². The summed E-state index contributed by atoms with van der Waals surface area (Å²) in [4.78, 5) is 23.9. The van der Waals surface area contributed by atoms with Gasteiger partial charge in [-0.25, -0.2) is 22.3 Å². The summed E-state index contributed by atoms with van der Waals surface area (Å²) >= 11 is 0. The molecule has 1 aromatic rings. The number of urea groups is 1.